The van der Waals surface area contributed by atoms with E-state index in [0.29, 0.717) is 35.5 Å². The Morgan fingerprint density at radius 1 is 0.852 bits per heavy atom. The molecule has 27 heavy (non-hydrogen) atoms. The lowest BCUT2D eigenvalue weighted by atomic mass is 10.2. The summed E-state index contributed by atoms with van der Waals surface area (Å²) in [4.78, 5) is 0. The van der Waals surface area contributed by atoms with Gasteiger partial charge in [0.2, 0.25) is 0 Å². The van der Waals surface area contributed by atoms with Crippen LogP contribution in [0.5, 0.6) is 5.75 Å². The van der Waals surface area contributed by atoms with Crippen LogP contribution in [0.1, 0.15) is 17.5 Å². The number of nitrogens with one attached hydrogen (secondary N) is 2. The maximum Gasteiger partial charge on any atom is 0.156 e. The molecule has 0 unspecified atom stereocenters. The number of benzene rings is 2. The standard InChI is InChI=1S/C19H24Cl2N2O2.2ClH/c20-17-11-16(13-23-8-4-7-22-9-10-24)12-18(21)19(17)25-14-15-5-2-1-3-6-15;;/h1-3,5-6,11-12,22-24H,4,7-10,13-14H2;2*1H. The minimum absolute atomic E-state index is 0. The third-order valence-electron chi connectivity index (χ3n) is 3.61. The van der Waals surface area contributed by atoms with Crippen LogP contribution >= 0.6 is 48.0 Å². The number of aliphatic hydroxyl groups excluding tert-OH is 1. The van der Waals surface area contributed by atoms with Crippen molar-refractivity contribution in [2.45, 2.75) is 19.6 Å². The molecule has 0 bridgehead atoms. The van der Waals surface area contributed by atoms with E-state index in [2.05, 4.69) is 10.6 Å². The van der Waals surface area contributed by atoms with E-state index in [-0.39, 0.29) is 31.4 Å². The van der Waals surface area contributed by atoms with Crippen molar-refractivity contribution in [2.75, 3.05) is 26.2 Å². The second-order valence-corrected chi connectivity index (χ2v) is 6.48. The molecular formula is C19H26Cl4N2O2. The van der Waals surface area contributed by atoms with Crippen molar-refractivity contribution >= 4 is 48.0 Å². The van der Waals surface area contributed by atoms with E-state index in [4.69, 9.17) is 33.0 Å². The summed E-state index contributed by atoms with van der Waals surface area (Å²) in [6.07, 6.45) is 0.986. The van der Waals surface area contributed by atoms with E-state index in [1.54, 1.807) is 0 Å². The van der Waals surface area contributed by atoms with Gasteiger partial charge in [-0.2, -0.15) is 0 Å². The van der Waals surface area contributed by atoms with Crippen molar-refractivity contribution in [3.05, 3.63) is 63.6 Å². The van der Waals surface area contributed by atoms with Gasteiger partial charge in [0, 0.05) is 13.1 Å². The molecule has 2 rings (SSSR count). The maximum absolute atomic E-state index is 8.68. The minimum Gasteiger partial charge on any atom is -0.486 e. The Labute approximate surface area is 183 Å². The van der Waals surface area contributed by atoms with E-state index in [0.717, 1.165) is 30.6 Å². The summed E-state index contributed by atoms with van der Waals surface area (Å²) in [5.41, 5.74) is 2.08. The van der Waals surface area contributed by atoms with Gasteiger partial charge in [-0.3, -0.25) is 0 Å². The van der Waals surface area contributed by atoms with Gasteiger partial charge in [-0.15, -0.1) is 24.8 Å². The molecule has 0 heterocycles. The molecule has 0 saturated heterocycles. The lowest BCUT2D eigenvalue weighted by Gasteiger charge is -2.12. The minimum atomic E-state index is 0. The highest BCUT2D eigenvalue weighted by molar-refractivity contribution is 6.37. The SMILES string of the molecule is Cl.Cl.OCCNCCCNCc1cc(Cl)c(OCc2ccccc2)c(Cl)c1. The lowest BCUT2D eigenvalue weighted by molar-refractivity contribution is 0.292. The van der Waals surface area contributed by atoms with Crippen LogP contribution in [0.25, 0.3) is 0 Å². The molecule has 4 nitrogen and oxygen atoms in total. The van der Waals surface area contributed by atoms with Gasteiger partial charge in [-0.25, -0.2) is 0 Å². The van der Waals surface area contributed by atoms with E-state index >= 15 is 0 Å². The quantitative estimate of drug-likeness (QED) is 0.437. The fourth-order valence-electron chi connectivity index (χ4n) is 2.36. The molecule has 0 aromatic heterocycles. The summed E-state index contributed by atoms with van der Waals surface area (Å²) in [6.45, 7) is 3.68. The van der Waals surface area contributed by atoms with Gasteiger partial charge in [0.25, 0.3) is 0 Å². The Kier molecular flexibility index (Phi) is 14.8. The van der Waals surface area contributed by atoms with Gasteiger partial charge in [-0.05, 0) is 42.8 Å². The average molecular weight is 456 g/mol. The largest absolute Gasteiger partial charge is 0.486 e. The summed E-state index contributed by atoms with van der Waals surface area (Å²) >= 11 is 12.7. The fourth-order valence-corrected chi connectivity index (χ4v) is 3.00. The zero-order valence-corrected chi connectivity index (χ0v) is 18.1. The first kappa shape index (κ1) is 26.3. The van der Waals surface area contributed by atoms with E-state index in [1.807, 2.05) is 42.5 Å². The first-order valence-electron chi connectivity index (χ1n) is 8.37. The van der Waals surface area contributed by atoms with Crippen molar-refractivity contribution in [3.63, 3.8) is 0 Å². The van der Waals surface area contributed by atoms with E-state index in [9.17, 15) is 0 Å². The number of halogens is 4. The normalized spacial score (nSPS) is 10.0. The Balaban J connectivity index is 0.00000338. The van der Waals surface area contributed by atoms with Gasteiger partial charge in [0.15, 0.2) is 5.75 Å². The predicted octanol–water partition coefficient (Wildman–Crippen LogP) is 4.48. The van der Waals surface area contributed by atoms with Crippen molar-refractivity contribution in [1.82, 2.24) is 10.6 Å². The second-order valence-electron chi connectivity index (χ2n) is 5.67. The van der Waals surface area contributed by atoms with Crippen molar-refractivity contribution < 1.29 is 9.84 Å². The molecule has 2 aromatic carbocycles. The predicted molar refractivity (Wildman–Crippen MR) is 118 cm³/mol. The molecular weight excluding hydrogens is 430 g/mol. The Morgan fingerprint density at radius 2 is 1.48 bits per heavy atom. The summed E-state index contributed by atoms with van der Waals surface area (Å²) in [6, 6.07) is 13.7. The first-order valence-corrected chi connectivity index (χ1v) is 9.13. The Bertz CT molecular complexity index is 622. The zero-order valence-electron chi connectivity index (χ0n) is 14.9. The van der Waals surface area contributed by atoms with E-state index < -0.39 is 0 Å². The number of ether oxygens (including phenoxy) is 1. The van der Waals surface area contributed by atoms with Crippen molar-refractivity contribution in [3.8, 4) is 5.75 Å². The Morgan fingerprint density at radius 3 is 2.11 bits per heavy atom. The third-order valence-corrected chi connectivity index (χ3v) is 4.17. The molecule has 0 atom stereocenters. The Hall–Kier alpha value is -0.720. The molecule has 0 saturated carbocycles. The fraction of sp³-hybridized carbons (Fsp3) is 0.368. The van der Waals surface area contributed by atoms with Crippen molar-refractivity contribution in [2.24, 2.45) is 0 Å². The van der Waals surface area contributed by atoms with Gasteiger partial charge >= 0.3 is 0 Å². The molecule has 0 aliphatic rings. The summed E-state index contributed by atoms with van der Waals surface area (Å²) in [5.74, 6) is 0.518. The number of rotatable bonds is 11. The number of hydrogen-bond acceptors (Lipinski definition) is 4. The summed E-state index contributed by atoms with van der Waals surface area (Å²) < 4.78 is 5.78. The molecule has 0 fully saturated rings. The molecule has 0 amide bonds. The lowest BCUT2D eigenvalue weighted by Crippen LogP contribution is -2.23. The first-order chi connectivity index (χ1) is 12.2. The molecule has 0 aliphatic heterocycles. The van der Waals surface area contributed by atoms with Crippen LogP contribution in [0.15, 0.2) is 42.5 Å². The molecule has 0 spiro atoms. The van der Waals surface area contributed by atoms with Gasteiger partial charge in [0.05, 0.1) is 16.7 Å². The highest BCUT2D eigenvalue weighted by atomic mass is 35.5. The number of aliphatic hydroxyl groups is 1. The molecule has 8 heteroatoms. The van der Waals surface area contributed by atoms with Crippen molar-refractivity contribution in [1.29, 1.82) is 0 Å². The van der Waals surface area contributed by atoms with Crippen LogP contribution in [0.3, 0.4) is 0 Å². The van der Waals surface area contributed by atoms with Crippen LogP contribution in [0.2, 0.25) is 10.0 Å². The highest BCUT2D eigenvalue weighted by Gasteiger charge is 2.10. The smallest absolute Gasteiger partial charge is 0.156 e. The molecule has 0 aliphatic carbocycles. The second kappa shape index (κ2) is 15.2. The molecule has 3 N–H and O–H groups in total. The van der Waals surface area contributed by atoms with Gasteiger partial charge in [-0.1, -0.05) is 53.5 Å². The number of hydrogen-bond donors (Lipinski definition) is 3. The van der Waals surface area contributed by atoms with Crippen LogP contribution in [0, 0.1) is 0 Å². The van der Waals surface area contributed by atoms with Gasteiger partial charge in [0.1, 0.15) is 6.61 Å². The monoisotopic (exact) mass is 454 g/mol. The zero-order chi connectivity index (χ0) is 17.9. The molecule has 152 valence electrons. The third kappa shape index (κ3) is 9.86. The molecule has 0 radical (unpaired) electrons. The topological polar surface area (TPSA) is 53.5 Å². The maximum atomic E-state index is 8.68. The van der Waals surface area contributed by atoms with Crippen LogP contribution in [-0.2, 0) is 13.2 Å². The highest BCUT2D eigenvalue weighted by Crippen LogP contribution is 2.34. The summed E-state index contributed by atoms with van der Waals surface area (Å²) in [5, 5.41) is 16.2. The molecule has 2 aromatic rings. The van der Waals surface area contributed by atoms with E-state index in [1.165, 1.54) is 0 Å². The van der Waals surface area contributed by atoms with Gasteiger partial charge < -0.3 is 20.5 Å². The summed E-state index contributed by atoms with van der Waals surface area (Å²) in [7, 11) is 0. The van der Waals surface area contributed by atoms with Crippen LogP contribution < -0.4 is 15.4 Å². The average Bonchev–Trinajstić information content (AvgIpc) is 2.61. The van der Waals surface area contributed by atoms with Crippen LogP contribution in [0.4, 0.5) is 0 Å². The van der Waals surface area contributed by atoms with Crippen LogP contribution in [-0.4, -0.2) is 31.3 Å².